The normalized spacial score (nSPS) is 18.1. The highest BCUT2D eigenvalue weighted by molar-refractivity contribution is 8.29. The molecule has 1 aliphatic heterocycles. The van der Waals surface area contributed by atoms with Gasteiger partial charge in [-0.3, -0.25) is 4.57 Å². The lowest BCUT2D eigenvalue weighted by atomic mass is 10.2. The Kier molecular flexibility index (Phi) is 6.67. The fourth-order valence-corrected chi connectivity index (χ4v) is 7.72. The molecule has 17 heavy (non-hydrogen) atoms. The molecule has 0 N–H and O–H groups in total. The second-order valence-electron chi connectivity index (χ2n) is 3.79. The monoisotopic (exact) mass is 296 g/mol. The van der Waals surface area contributed by atoms with Crippen molar-refractivity contribution in [1.29, 1.82) is 0 Å². The van der Waals surface area contributed by atoms with Crippen molar-refractivity contribution in [3.8, 4) is 0 Å². The summed E-state index contributed by atoms with van der Waals surface area (Å²) in [6, 6.07) is 0. The van der Waals surface area contributed by atoms with E-state index in [1.807, 2.05) is 0 Å². The van der Waals surface area contributed by atoms with Gasteiger partial charge in [0.05, 0.1) is 0 Å². The lowest BCUT2D eigenvalue weighted by Gasteiger charge is -2.19. The molecular formula is C11H21O3PS2. The summed E-state index contributed by atoms with van der Waals surface area (Å²) in [6.07, 6.45) is 4.37. The quantitative estimate of drug-likeness (QED) is 0.614. The average Bonchev–Trinajstić information content (AvgIpc) is 2.73. The van der Waals surface area contributed by atoms with E-state index in [9.17, 15) is 4.57 Å². The molecule has 0 aromatic heterocycles. The van der Waals surface area contributed by atoms with E-state index in [0.29, 0.717) is 0 Å². The van der Waals surface area contributed by atoms with Crippen molar-refractivity contribution in [3.05, 3.63) is 9.81 Å². The lowest BCUT2D eigenvalue weighted by Crippen LogP contribution is -2.00. The summed E-state index contributed by atoms with van der Waals surface area (Å²) < 4.78 is 22.4. The maximum absolute atomic E-state index is 12.3. The second kappa shape index (κ2) is 7.25. The molecule has 0 saturated carbocycles. The van der Waals surface area contributed by atoms with Gasteiger partial charge in [0.1, 0.15) is 0 Å². The minimum absolute atomic E-state index is 0.124. The molecule has 0 amide bonds. The van der Waals surface area contributed by atoms with Crippen LogP contribution in [0.5, 0.6) is 0 Å². The summed E-state index contributed by atoms with van der Waals surface area (Å²) in [5.41, 5.74) is 0. The van der Waals surface area contributed by atoms with Crippen LogP contribution in [-0.2, 0) is 13.6 Å². The number of hydrogen-bond donors (Lipinski definition) is 0. The van der Waals surface area contributed by atoms with Crippen LogP contribution >= 0.6 is 31.1 Å². The molecule has 0 atom stereocenters. The predicted octanol–water partition coefficient (Wildman–Crippen LogP) is 5.05. The van der Waals surface area contributed by atoms with E-state index >= 15 is 0 Å². The van der Waals surface area contributed by atoms with Crippen molar-refractivity contribution in [3.63, 3.8) is 0 Å². The molecule has 0 fully saturated rings. The van der Waals surface area contributed by atoms with E-state index in [4.69, 9.17) is 9.05 Å². The van der Waals surface area contributed by atoms with Crippen molar-refractivity contribution < 1.29 is 13.6 Å². The summed E-state index contributed by atoms with van der Waals surface area (Å²) in [5, 5.41) is 0. The third-order valence-electron chi connectivity index (χ3n) is 2.52. The first kappa shape index (κ1) is 15.6. The van der Waals surface area contributed by atoms with Gasteiger partial charge < -0.3 is 9.05 Å². The third kappa shape index (κ3) is 3.77. The SMILES string of the molecule is CCCC1=C(CCC)SC(P(=O)(OC)OC)S1. The highest BCUT2D eigenvalue weighted by atomic mass is 32.2. The van der Waals surface area contributed by atoms with E-state index in [-0.39, 0.29) is 4.32 Å². The molecule has 0 radical (unpaired) electrons. The minimum Gasteiger partial charge on any atom is -0.311 e. The van der Waals surface area contributed by atoms with Gasteiger partial charge in [-0.15, -0.1) is 23.5 Å². The molecule has 3 nitrogen and oxygen atoms in total. The zero-order chi connectivity index (χ0) is 12.9. The molecule has 0 unspecified atom stereocenters. The Morgan fingerprint density at radius 1 is 1.06 bits per heavy atom. The molecular weight excluding hydrogens is 275 g/mol. The molecule has 0 aromatic carbocycles. The van der Waals surface area contributed by atoms with Crippen molar-refractivity contribution in [2.24, 2.45) is 0 Å². The molecule has 0 aromatic rings. The van der Waals surface area contributed by atoms with Crippen molar-refractivity contribution in [1.82, 2.24) is 0 Å². The Labute approximate surface area is 113 Å². The molecule has 0 aliphatic carbocycles. The first-order valence-electron chi connectivity index (χ1n) is 5.87. The zero-order valence-corrected chi connectivity index (χ0v) is 13.4. The molecule has 6 heteroatoms. The Balaban J connectivity index is 2.78. The van der Waals surface area contributed by atoms with Gasteiger partial charge in [0.15, 0.2) is 4.32 Å². The second-order valence-corrected chi connectivity index (χ2v) is 9.52. The van der Waals surface area contributed by atoms with Gasteiger partial charge >= 0.3 is 7.60 Å². The number of hydrogen-bond acceptors (Lipinski definition) is 5. The summed E-state index contributed by atoms with van der Waals surface area (Å²) in [5.74, 6) is 0. The number of thioether (sulfide) groups is 2. The van der Waals surface area contributed by atoms with Crippen molar-refractivity contribution >= 4 is 31.1 Å². The van der Waals surface area contributed by atoms with Gasteiger partial charge in [-0.1, -0.05) is 26.7 Å². The number of allylic oxidation sites excluding steroid dienone is 2. The smallest absolute Gasteiger partial charge is 0.311 e. The standard InChI is InChI=1S/C11H21O3PS2/c1-5-7-9-10(8-6-2)17-11(16-9)15(12,13-3)14-4/h11H,5-8H2,1-4H3. The van der Waals surface area contributed by atoms with Gasteiger partial charge in [0.25, 0.3) is 0 Å². The first-order valence-corrected chi connectivity index (χ1v) is 9.24. The maximum atomic E-state index is 12.3. The molecule has 0 bridgehead atoms. The van der Waals surface area contributed by atoms with E-state index in [0.717, 1.165) is 25.7 Å². The molecule has 0 spiro atoms. The highest BCUT2D eigenvalue weighted by Gasteiger charge is 2.40. The Bertz CT molecular complexity index is 305. The first-order chi connectivity index (χ1) is 8.11. The fraction of sp³-hybridized carbons (Fsp3) is 0.818. The van der Waals surface area contributed by atoms with E-state index in [1.54, 1.807) is 23.5 Å². The Morgan fingerprint density at radius 2 is 1.47 bits per heavy atom. The molecule has 100 valence electrons. The molecule has 1 heterocycles. The van der Waals surface area contributed by atoms with Gasteiger partial charge in [0, 0.05) is 14.2 Å². The minimum atomic E-state index is -2.97. The van der Waals surface area contributed by atoms with Gasteiger partial charge in [-0.25, -0.2) is 0 Å². The van der Waals surface area contributed by atoms with Gasteiger partial charge in [-0.2, -0.15) is 0 Å². The van der Waals surface area contributed by atoms with Crippen LogP contribution in [0.4, 0.5) is 0 Å². The zero-order valence-electron chi connectivity index (χ0n) is 10.9. The molecule has 1 aliphatic rings. The van der Waals surface area contributed by atoms with Crippen LogP contribution < -0.4 is 0 Å². The summed E-state index contributed by atoms with van der Waals surface area (Å²) in [6.45, 7) is 4.34. The van der Waals surface area contributed by atoms with Crippen LogP contribution in [0.1, 0.15) is 39.5 Å². The van der Waals surface area contributed by atoms with E-state index < -0.39 is 7.60 Å². The Morgan fingerprint density at radius 3 is 1.76 bits per heavy atom. The maximum Gasteiger partial charge on any atom is 0.353 e. The van der Waals surface area contributed by atoms with E-state index in [1.165, 1.54) is 24.0 Å². The lowest BCUT2D eigenvalue weighted by molar-refractivity contribution is 0.279. The van der Waals surface area contributed by atoms with Crippen molar-refractivity contribution in [2.45, 2.75) is 43.9 Å². The van der Waals surface area contributed by atoms with Crippen LogP contribution in [0.15, 0.2) is 9.81 Å². The topological polar surface area (TPSA) is 35.5 Å². The predicted molar refractivity (Wildman–Crippen MR) is 77.4 cm³/mol. The summed E-state index contributed by atoms with van der Waals surface area (Å²) >= 11 is 3.34. The van der Waals surface area contributed by atoms with Crippen LogP contribution in [0.2, 0.25) is 0 Å². The van der Waals surface area contributed by atoms with Gasteiger partial charge in [0.2, 0.25) is 0 Å². The van der Waals surface area contributed by atoms with Crippen molar-refractivity contribution in [2.75, 3.05) is 14.2 Å². The largest absolute Gasteiger partial charge is 0.353 e. The molecule has 1 rings (SSSR count). The summed E-state index contributed by atoms with van der Waals surface area (Å²) in [4.78, 5) is 2.75. The Hall–Kier alpha value is 0.590. The fourth-order valence-electron chi connectivity index (χ4n) is 1.63. The van der Waals surface area contributed by atoms with Crippen LogP contribution in [0.3, 0.4) is 0 Å². The van der Waals surface area contributed by atoms with Gasteiger partial charge in [-0.05, 0) is 22.7 Å². The molecule has 0 saturated heterocycles. The highest BCUT2D eigenvalue weighted by Crippen LogP contribution is 2.67. The average molecular weight is 296 g/mol. The number of rotatable bonds is 7. The van der Waals surface area contributed by atoms with E-state index in [2.05, 4.69) is 13.8 Å². The third-order valence-corrected chi connectivity index (χ3v) is 8.81. The van der Waals surface area contributed by atoms with Crippen LogP contribution in [-0.4, -0.2) is 18.5 Å². The van der Waals surface area contributed by atoms with Crippen LogP contribution in [0.25, 0.3) is 0 Å². The van der Waals surface area contributed by atoms with Crippen LogP contribution in [0, 0.1) is 0 Å². The summed E-state index contributed by atoms with van der Waals surface area (Å²) in [7, 11) is -0.0445.